The molecule has 0 saturated heterocycles. The molecule has 1 aliphatic carbocycles. The van der Waals surface area contributed by atoms with E-state index in [-0.39, 0.29) is 11.8 Å². The molecule has 0 aliphatic heterocycles. The van der Waals surface area contributed by atoms with E-state index in [2.05, 4.69) is 23.2 Å². The normalized spacial score (nSPS) is 20.3. The SMILES string of the molecule is CC(C)[C@@](C)(C#N)NC(=O)CN(C)[C@H](C)C1CC1. The number of nitrogens with zero attached hydrogens (tertiary/aromatic N) is 2. The fraction of sp³-hybridized carbons (Fsp3) is 0.857. The molecule has 0 spiro atoms. The van der Waals surface area contributed by atoms with E-state index in [1.54, 1.807) is 6.92 Å². The molecule has 102 valence electrons. The van der Waals surface area contributed by atoms with Gasteiger partial charge in [0.05, 0.1) is 12.6 Å². The van der Waals surface area contributed by atoms with Gasteiger partial charge in [-0.3, -0.25) is 9.69 Å². The lowest BCUT2D eigenvalue weighted by atomic mass is 9.90. The predicted octanol–water partition coefficient (Wildman–Crippen LogP) is 1.77. The Bertz CT molecular complexity index is 343. The summed E-state index contributed by atoms with van der Waals surface area (Å²) in [7, 11) is 1.97. The maximum atomic E-state index is 12.0. The fourth-order valence-corrected chi connectivity index (χ4v) is 1.94. The van der Waals surface area contributed by atoms with Crippen LogP contribution in [-0.4, -0.2) is 36.0 Å². The van der Waals surface area contributed by atoms with Crippen LogP contribution in [0.25, 0.3) is 0 Å². The molecular weight excluding hydrogens is 226 g/mol. The highest BCUT2D eigenvalue weighted by molar-refractivity contribution is 5.79. The molecule has 0 bridgehead atoms. The zero-order chi connectivity index (χ0) is 13.9. The Morgan fingerprint density at radius 1 is 1.50 bits per heavy atom. The van der Waals surface area contributed by atoms with Crippen molar-refractivity contribution >= 4 is 5.91 Å². The van der Waals surface area contributed by atoms with Crippen molar-refractivity contribution in [3.8, 4) is 6.07 Å². The summed E-state index contributed by atoms with van der Waals surface area (Å²) in [6, 6.07) is 2.64. The third-order valence-corrected chi connectivity index (χ3v) is 4.18. The minimum Gasteiger partial charge on any atom is -0.337 e. The standard InChI is InChI=1S/C14H25N3O/c1-10(2)14(4,9-15)16-13(18)8-17(5)11(3)12-6-7-12/h10-12H,6-8H2,1-5H3,(H,16,18)/t11-,14-/m1/s1. The maximum absolute atomic E-state index is 12.0. The summed E-state index contributed by atoms with van der Waals surface area (Å²) in [6.07, 6.45) is 2.55. The van der Waals surface area contributed by atoms with Crippen LogP contribution in [-0.2, 0) is 4.79 Å². The van der Waals surface area contributed by atoms with Crippen molar-refractivity contribution in [3.63, 3.8) is 0 Å². The second kappa shape index (κ2) is 5.71. The van der Waals surface area contributed by atoms with Gasteiger partial charge >= 0.3 is 0 Å². The number of carbonyl (C=O) groups excluding carboxylic acids is 1. The van der Waals surface area contributed by atoms with Crippen LogP contribution in [0.2, 0.25) is 0 Å². The molecule has 0 radical (unpaired) electrons. The second-order valence-electron chi connectivity index (χ2n) is 6.01. The summed E-state index contributed by atoms with van der Waals surface area (Å²) in [4.78, 5) is 14.1. The van der Waals surface area contributed by atoms with Crippen LogP contribution in [0.5, 0.6) is 0 Å². The highest BCUT2D eigenvalue weighted by atomic mass is 16.2. The number of nitrogens with one attached hydrogen (secondary N) is 1. The molecule has 0 heterocycles. The predicted molar refractivity (Wildman–Crippen MR) is 71.8 cm³/mol. The van der Waals surface area contributed by atoms with Gasteiger partial charge in [0.15, 0.2) is 0 Å². The highest BCUT2D eigenvalue weighted by Crippen LogP contribution is 2.34. The van der Waals surface area contributed by atoms with Gasteiger partial charge in [0.25, 0.3) is 0 Å². The number of nitriles is 1. The number of carbonyl (C=O) groups is 1. The van der Waals surface area contributed by atoms with Gasteiger partial charge in [0.1, 0.15) is 5.54 Å². The minimum atomic E-state index is -0.777. The summed E-state index contributed by atoms with van der Waals surface area (Å²) in [5, 5.41) is 12.0. The van der Waals surface area contributed by atoms with Gasteiger partial charge < -0.3 is 5.32 Å². The first-order valence-corrected chi connectivity index (χ1v) is 6.72. The second-order valence-corrected chi connectivity index (χ2v) is 6.01. The quantitative estimate of drug-likeness (QED) is 0.782. The Balaban J connectivity index is 2.48. The van der Waals surface area contributed by atoms with Crippen molar-refractivity contribution in [3.05, 3.63) is 0 Å². The zero-order valence-electron chi connectivity index (χ0n) is 12.2. The molecule has 4 heteroatoms. The topological polar surface area (TPSA) is 56.1 Å². The van der Waals surface area contributed by atoms with Crippen LogP contribution in [0.1, 0.15) is 40.5 Å². The number of hydrogen-bond donors (Lipinski definition) is 1. The van der Waals surface area contributed by atoms with Crippen molar-refractivity contribution in [1.82, 2.24) is 10.2 Å². The monoisotopic (exact) mass is 251 g/mol. The van der Waals surface area contributed by atoms with Crippen LogP contribution in [0.3, 0.4) is 0 Å². The first-order chi connectivity index (χ1) is 8.30. The summed E-state index contributed by atoms with van der Waals surface area (Å²) in [6.45, 7) is 8.19. The van der Waals surface area contributed by atoms with Gasteiger partial charge in [-0.1, -0.05) is 13.8 Å². The Morgan fingerprint density at radius 3 is 2.44 bits per heavy atom. The zero-order valence-corrected chi connectivity index (χ0v) is 12.2. The Hall–Kier alpha value is -1.08. The van der Waals surface area contributed by atoms with E-state index in [1.165, 1.54) is 12.8 Å². The molecule has 1 rings (SSSR count). The number of hydrogen-bond acceptors (Lipinski definition) is 3. The van der Waals surface area contributed by atoms with Crippen molar-refractivity contribution in [2.45, 2.75) is 52.1 Å². The lowest BCUT2D eigenvalue weighted by molar-refractivity contribution is -0.124. The van der Waals surface area contributed by atoms with E-state index < -0.39 is 5.54 Å². The van der Waals surface area contributed by atoms with Gasteiger partial charge in [-0.25, -0.2) is 0 Å². The molecule has 0 aromatic carbocycles. The fourth-order valence-electron chi connectivity index (χ4n) is 1.94. The third-order valence-electron chi connectivity index (χ3n) is 4.18. The van der Waals surface area contributed by atoms with Crippen LogP contribution < -0.4 is 5.32 Å². The largest absolute Gasteiger partial charge is 0.337 e. The Kier molecular flexibility index (Phi) is 4.75. The van der Waals surface area contributed by atoms with Crippen LogP contribution in [0.15, 0.2) is 0 Å². The smallest absolute Gasteiger partial charge is 0.235 e. The van der Waals surface area contributed by atoms with Crippen molar-refractivity contribution in [2.75, 3.05) is 13.6 Å². The van der Waals surface area contributed by atoms with E-state index in [4.69, 9.17) is 5.26 Å². The van der Waals surface area contributed by atoms with Crippen molar-refractivity contribution in [1.29, 1.82) is 5.26 Å². The van der Waals surface area contributed by atoms with Gasteiger partial charge in [0.2, 0.25) is 5.91 Å². The van der Waals surface area contributed by atoms with Gasteiger partial charge in [-0.15, -0.1) is 0 Å². The summed E-state index contributed by atoms with van der Waals surface area (Å²) >= 11 is 0. The molecule has 1 fully saturated rings. The first-order valence-electron chi connectivity index (χ1n) is 6.72. The number of rotatable bonds is 6. The molecular formula is C14H25N3O. The van der Waals surface area contributed by atoms with Gasteiger partial charge in [-0.05, 0) is 45.6 Å². The molecule has 2 atom stereocenters. The maximum Gasteiger partial charge on any atom is 0.235 e. The van der Waals surface area contributed by atoms with Crippen LogP contribution in [0.4, 0.5) is 0 Å². The van der Waals surface area contributed by atoms with Crippen LogP contribution in [0, 0.1) is 23.2 Å². The average molecular weight is 251 g/mol. The number of likely N-dealkylation sites (N-methyl/N-ethyl adjacent to an activating group) is 1. The average Bonchev–Trinajstić information content (AvgIpc) is 3.11. The molecule has 18 heavy (non-hydrogen) atoms. The Labute approximate surface area is 110 Å². The van der Waals surface area contributed by atoms with Gasteiger partial charge in [0, 0.05) is 6.04 Å². The van der Waals surface area contributed by atoms with E-state index in [1.807, 2.05) is 20.9 Å². The van der Waals surface area contributed by atoms with Crippen molar-refractivity contribution in [2.24, 2.45) is 11.8 Å². The van der Waals surface area contributed by atoms with Gasteiger partial charge in [-0.2, -0.15) is 5.26 Å². The van der Waals surface area contributed by atoms with Crippen molar-refractivity contribution < 1.29 is 4.79 Å². The van der Waals surface area contributed by atoms with E-state index in [0.717, 1.165) is 5.92 Å². The summed E-state index contributed by atoms with van der Waals surface area (Å²) in [5.41, 5.74) is -0.777. The van der Waals surface area contributed by atoms with E-state index in [0.29, 0.717) is 12.6 Å². The molecule has 0 aromatic rings. The minimum absolute atomic E-state index is 0.0669. The lowest BCUT2D eigenvalue weighted by Gasteiger charge is -2.30. The molecule has 1 saturated carbocycles. The third kappa shape index (κ3) is 3.71. The summed E-state index contributed by atoms with van der Waals surface area (Å²) < 4.78 is 0. The molecule has 1 amide bonds. The summed E-state index contributed by atoms with van der Waals surface area (Å²) in [5.74, 6) is 0.774. The first kappa shape index (κ1) is 15.0. The molecule has 1 aliphatic rings. The molecule has 0 aromatic heterocycles. The highest BCUT2D eigenvalue weighted by Gasteiger charge is 2.33. The van der Waals surface area contributed by atoms with E-state index in [9.17, 15) is 4.79 Å². The number of amides is 1. The molecule has 1 N–H and O–H groups in total. The lowest BCUT2D eigenvalue weighted by Crippen LogP contribution is -2.52. The van der Waals surface area contributed by atoms with Crippen LogP contribution >= 0.6 is 0 Å². The molecule has 0 unspecified atom stereocenters. The Morgan fingerprint density at radius 2 is 2.06 bits per heavy atom. The molecule has 4 nitrogen and oxygen atoms in total. The van der Waals surface area contributed by atoms with E-state index >= 15 is 0 Å².